The SMILES string of the molecule is CC(N)c1cn(CC(=O)N2CCOCC2)nn1. The molecule has 7 heteroatoms. The number of morpholine rings is 1. The molecule has 1 amide bonds. The quantitative estimate of drug-likeness (QED) is 0.743. The van der Waals surface area contributed by atoms with E-state index in [0.717, 1.165) is 0 Å². The normalized spacial score (nSPS) is 18.1. The van der Waals surface area contributed by atoms with Crippen LogP contribution in [-0.4, -0.2) is 52.1 Å². The Hall–Kier alpha value is -1.47. The lowest BCUT2D eigenvalue weighted by atomic mass is 10.3. The molecule has 0 radical (unpaired) electrons. The molecule has 1 fully saturated rings. The van der Waals surface area contributed by atoms with E-state index in [9.17, 15) is 4.79 Å². The molecule has 2 rings (SSSR count). The number of hydrogen-bond acceptors (Lipinski definition) is 5. The first kappa shape index (κ1) is 12.0. The fraction of sp³-hybridized carbons (Fsp3) is 0.700. The minimum Gasteiger partial charge on any atom is -0.378 e. The standard InChI is InChI=1S/C10H17N5O2/c1-8(11)9-6-15(13-12-9)7-10(16)14-2-4-17-5-3-14/h6,8H,2-5,7,11H2,1H3. The Balaban J connectivity index is 1.92. The molecule has 1 aromatic rings. The molecule has 17 heavy (non-hydrogen) atoms. The molecule has 1 saturated heterocycles. The van der Waals surface area contributed by atoms with Crippen molar-refractivity contribution < 1.29 is 9.53 Å². The highest BCUT2D eigenvalue weighted by Gasteiger charge is 2.17. The third kappa shape index (κ3) is 3.01. The topological polar surface area (TPSA) is 86.3 Å². The first-order valence-electron chi connectivity index (χ1n) is 5.68. The summed E-state index contributed by atoms with van der Waals surface area (Å²) in [6, 6.07) is -0.165. The molecule has 7 nitrogen and oxygen atoms in total. The van der Waals surface area contributed by atoms with Gasteiger partial charge in [-0.2, -0.15) is 0 Å². The van der Waals surface area contributed by atoms with E-state index in [1.54, 1.807) is 11.1 Å². The summed E-state index contributed by atoms with van der Waals surface area (Å²) in [5.74, 6) is 0.0365. The van der Waals surface area contributed by atoms with Crippen LogP contribution in [0.2, 0.25) is 0 Å². The van der Waals surface area contributed by atoms with E-state index < -0.39 is 0 Å². The molecule has 0 aromatic carbocycles. The summed E-state index contributed by atoms with van der Waals surface area (Å²) in [5, 5.41) is 7.79. The van der Waals surface area contributed by atoms with Gasteiger partial charge in [-0.3, -0.25) is 4.79 Å². The van der Waals surface area contributed by atoms with Crippen molar-refractivity contribution in [2.45, 2.75) is 19.5 Å². The number of hydrogen-bond donors (Lipinski definition) is 1. The Morgan fingerprint density at radius 3 is 2.88 bits per heavy atom. The van der Waals surface area contributed by atoms with Crippen LogP contribution in [0.25, 0.3) is 0 Å². The number of nitrogens with two attached hydrogens (primary N) is 1. The van der Waals surface area contributed by atoms with Crippen molar-refractivity contribution in [1.29, 1.82) is 0 Å². The van der Waals surface area contributed by atoms with Crippen LogP contribution in [0, 0.1) is 0 Å². The zero-order valence-electron chi connectivity index (χ0n) is 9.87. The van der Waals surface area contributed by atoms with Crippen LogP contribution in [0.4, 0.5) is 0 Å². The van der Waals surface area contributed by atoms with Crippen LogP contribution in [0.5, 0.6) is 0 Å². The monoisotopic (exact) mass is 239 g/mol. The Bertz CT molecular complexity index is 384. The van der Waals surface area contributed by atoms with Crippen molar-refractivity contribution in [2.24, 2.45) is 5.73 Å². The van der Waals surface area contributed by atoms with Crippen LogP contribution >= 0.6 is 0 Å². The Kier molecular flexibility index (Phi) is 3.70. The Morgan fingerprint density at radius 1 is 1.59 bits per heavy atom. The lowest BCUT2D eigenvalue weighted by Gasteiger charge is -2.26. The maximum Gasteiger partial charge on any atom is 0.244 e. The molecular weight excluding hydrogens is 222 g/mol. The minimum absolute atomic E-state index is 0.0365. The predicted molar refractivity (Wildman–Crippen MR) is 60.0 cm³/mol. The average molecular weight is 239 g/mol. The first-order valence-corrected chi connectivity index (χ1v) is 5.68. The molecule has 2 heterocycles. The summed E-state index contributed by atoms with van der Waals surface area (Å²) < 4.78 is 6.71. The van der Waals surface area contributed by atoms with Gasteiger partial charge in [0, 0.05) is 19.1 Å². The van der Waals surface area contributed by atoms with Gasteiger partial charge in [-0.1, -0.05) is 5.21 Å². The number of carbonyl (C=O) groups is 1. The molecule has 1 aliphatic heterocycles. The molecular formula is C10H17N5O2. The van der Waals surface area contributed by atoms with Gasteiger partial charge in [0.15, 0.2) is 0 Å². The molecule has 0 saturated carbocycles. The maximum atomic E-state index is 11.9. The highest BCUT2D eigenvalue weighted by molar-refractivity contribution is 5.75. The summed E-state index contributed by atoms with van der Waals surface area (Å²) in [5.41, 5.74) is 6.37. The highest BCUT2D eigenvalue weighted by atomic mass is 16.5. The van der Waals surface area contributed by atoms with Crippen molar-refractivity contribution in [3.05, 3.63) is 11.9 Å². The van der Waals surface area contributed by atoms with Gasteiger partial charge in [0.25, 0.3) is 0 Å². The van der Waals surface area contributed by atoms with Crippen LogP contribution in [-0.2, 0) is 16.1 Å². The summed E-state index contributed by atoms with van der Waals surface area (Å²) >= 11 is 0. The van der Waals surface area contributed by atoms with Gasteiger partial charge in [-0.25, -0.2) is 4.68 Å². The number of ether oxygens (including phenoxy) is 1. The molecule has 1 unspecified atom stereocenters. The van der Waals surface area contributed by atoms with Crippen molar-refractivity contribution in [1.82, 2.24) is 19.9 Å². The van der Waals surface area contributed by atoms with Gasteiger partial charge in [0.2, 0.25) is 5.91 Å². The Labute approximate surface area is 99.5 Å². The largest absolute Gasteiger partial charge is 0.378 e. The lowest BCUT2D eigenvalue weighted by Crippen LogP contribution is -2.42. The van der Waals surface area contributed by atoms with E-state index in [0.29, 0.717) is 32.0 Å². The van der Waals surface area contributed by atoms with Crippen LogP contribution < -0.4 is 5.73 Å². The third-order valence-electron chi connectivity index (χ3n) is 2.68. The van der Waals surface area contributed by atoms with Gasteiger partial charge in [-0.05, 0) is 6.92 Å². The van der Waals surface area contributed by atoms with Crippen molar-refractivity contribution >= 4 is 5.91 Å². The van der Waals surface area contributed by atoms with E-state index in [2.05, 4.69) is 10.3 Å². The Morgan fingerprint density at radius 2 is 2.29 bits per heavy atom. The van der Waals surface area contributed by atoms with Gasteiger partial charge >= 0.3 is 0 Å². The van der Waals surface area contributed by atoms with E-state index in [-0.39, 0.29) is 18.5 Å². The van der Waals surface area contributed by atoms with Gasteiger partial charge in [-0.15, -0.1) is 5.10 Å². The number of rotatable bonds is 3. The molecule has 1 aliphatic rings. The van der Waals surface area contributed by atoms with Crippen molar-refractivity contribution in [3.8, 4) is 0 Å². The molecule has 2 N–H and O–H groups in total. The fourth-order valence-corrected chi connectivity index (χ4v) is 1.65. The number of carbonyl (C=O) groups excluding carboxylic acids is 1. The first-order chi connectivity index (χ1) is 8.16. The van der Waals surface area contributed by atoms with E-state index in [1.807, 2.05) is 6.92 Å². The van der Waals surface area contributed by atoms with Crippen molar-refractivity contribution in [2.75, 3.05) is 26.3 Å². The molecule has 1 atom stereocenters. The molecule has 0 aliphatic carbocycles. The minimum atomic E-state index is -0.165. The van der Waals surface area contributed by atoms with E-state index in [1.165, 1.54) is 4.68 Å². The molecule has 94 valence electrons. The highest BCUT2D eigenvalue weighted by Crippen LogP contribution is 2.04. The second-order valence-electron chi connectivity index (χ2n) is 4.12. The summed E-state index contributed by atoms with van der Waals surface area (Å²) in [6.07, 6.45) is 1.71. The molecule has 0 spiro atoms. The average Bonchev–Trinajstić information content (AvgIpc) is 2.79. The van der Waals surface area contributed by atoms with E-state index in [4.69, 9.17) is 10.5 Å². The van der Waals surface area contributed by atoms with Crippen LogP contribution in [0.3, 0.4) is 0 Å². The number of aromatic nitrogens is 3. The fourth-order valence-electron chi connectivity index (χ4n) is 1.65. The van der Waals surface area contributed by atoms with E-state index >= 15 is 0 Å². The second kappa shape index (κ2) is 5.24. The number of amides is 1. The van der Waals surface area contributed by atoms with Crippen LogP contribution in [0.15, 0.2) is 6.20 Å². The van der Waals surface area contributed by atoms with Gasteiger partial charge < -0.3 is 15.4 Å². The van der Waals surface area contributed by atoms with Gasteiger partial charge in [0.05, 0.1) is 25.1 Å². The zero-order valence-corrected chi connectivity index (χ0v) is 9.87. The summed E-state index contributed by atoms with van der Waals surface area (Å²) in [6.45, 7) is 4.54. The van der Waals surface area contributed by atoms with Crippen molar-refractivity contribution in [3.63, 3.8) is 0 Å². The van der Waals surface area contributed by atoms with Gasteiger partial charge in [0.1, 0.15) is 6.54 Å². The summed E-state index contributed by atoms with van der Waals surface area (Å²) in [7, 11) is 0. The van der Waals surface area contributed by atoms with Crippen LogP contribution in [0.1, 0.15) is 18.7 Å². The zero-order chi connectivity index (χ0) is 12.3. The molecule has 1 aromatic heterocycles. The smallest absolute Gasteiger partial charge is 0.244 e. The maximum absolute atomic E-state index is 11.9. The lowest BCUT2D eigenvalue weighted by molar-refractivity contribution is -0.136. The second-order valence-corrected chi connectivity index (χ2v) is 4.12. The predicted octanol–water partition coefficient (Wildman–Crippen LogP) is -0.843. The third-order valence-corrected chi connectivity index (χ3v) is 2.68. The summed E-state index contributed by atoms with van der Waals surface area (Å²) in [4.78, 5) is 13.7. The number of nitrogens with zero attached hydrogens (tertiary/aromatic N) is 4. The molecule has 0 bridgehead atoms.